The predicted octanol–water partition coefficient (Wildman–Crippen LogP) is 1.25. The van der Waals surface area contributed by atoms with E-state index in [4.69, 9.17) is 30.0 Å². The Hall–Kier alpha value is -3.36. The van der Waals surface area contributed by atoms with Crippen LogP contribution in [0.15, 0.2) is 25.3 Å². The zero-order chi connectivity index (χ0) is 24.1. The maximum absolute atomic E-state index is 11.9. The van der Waals surface area contributed by atoms with Crippen LogP contribution < -0.4 is 11.5 Å². The van der Waals surface area contributed by atoms with Gasteiger partial charge in [-0.3, -0.25) is 0 Å². The minimum absolute atomic E-state index is 0.224. The van der Waals surface area contributed by atoms with E-state index >= 15 is 0 Å². The average molecular weight is 491 g/mol. The van der Waals surface area contributed by atoms with Gasteiger partial charge in [-0.05, 0) is 13.8 Å². The highest BCUT2D eigenvalue weighted by atomic mass is 31.1. The molecule has 0 fully saturated rings. The molecule has 0 aliphatic rings. The number of fused-ring (bicyclic) bond motifs is 2. The van der Waals surface area contributed by atoms with Crippen molar-refractivity contribution in [2.24, 2.45) is 0 Å². The topological polar surface area (TPSA) is 193 Å². The zero-order valence-electron chi connectivity index (χ0n) is 18.5. The number of ether oxygens (including phenoxy) is 2. The molecule has 0 saturated heterocycles. The van der Waals surface area contributed by atoms with Crippen molar-refractivity contribution < 1.29 is 23.1 Å². The van der Waals surface area contributed by atoms with E-state index in [-0.39, 0.29) is 25.8 Å². The molecule has 0 radical (unpaired) electrons. The number of imidazole rings is 2. The van der Waals surface area contributed by atoms with E-state index in [9.17, 15) is 4.57 Å². The summed E-state index contributed by atoms with van der Waals surface area (Å²) in [5, 5.41) is 0. The summed E-state index contributed by atoms with van der Waals surface area (Å²) in [5.41, 5.74) is 13.8. The molecule has 0 spiro atoms. The number of anilines is 2. The molecule has 2 atom stereocenters. The van der Waals surface area contributed by atoms with Crippen molar-refractivity contribution in [1.29, 1.82) is 0 Å². The van der Waals surface area contributed by atoms with Crippen LogP contribution in [-0.2, 0) is 36.2 Å². The molecular weight excluding hydrogens is 467 g/mol. The van der Waals surface area contributed by atoms with Gasteiger partial charge < -0.3 is 30.1 Å². The van der Waals surface area contributed by atoms with Gasteiger partial charge in [0.15, 0.2) is 22.9 Å². The summed E-state index contributed by atoms with van der Waals surface area (Å²) in [6.07, 6.45) is 5.39. The van der Waals surface area contributed by atoms with Crippen molar-refractivity contribution in [2.75, 3.05) is 25.1 Å². The average Bonchev–Trinajstić information content (AvgIpc) is 3.40. The molecule has 4 N–H and O–H groups in total. The smallest absolute Gasteiger partial charge is 0.382 e. The Morgan fingerprint density at radius 3 is 1.68 bits per heavy atom. The van der Waals surface area contributed by atoms with Gasteiger partial charge in [-0.25, -0.2) is 29.9 Å². The number of hydrogen-bond acceptors (Lipinski definition) is 13. The molecule has 0 saturated carbocycles. The van der Waals surface area contributed by atoms with Crippen molar-refractivity contribution in [3.05, 3.63) is 25.3 Å². The molecular formula is C18H24N10O5P+. The monoisotopic (exact) mass is 491 g/mol. The number of nitrogens with two attached hydrogens (primary N) is 2. The van der Waals surface area contributed by atoms with Crippen LogP contribution in [0, 0.1) is 0 Å². The molecule has 0 aromatic carbocycles. The van der Waals surface area contributed by atoms with Gasteiger partial charge in [-0.1, -0.05) is 9.05 Å². The summed E-state index contributed by atoms with van der Waals surface area (Å²) in [4.78, 5) is 24.6. The van der Waals surface area contributed by atoms with Crippen LogP contribution in [0.4, 0.5) is 11.6 Å². The molecule has 0 amide bonds. The first kappa shape index (κ1) is 23.8. The SMILES string of the molecule is C[C@H](Cn1cnc2c(N)ncnc21)OCO[P+](=O)OCO[C@H](C)Cn1cnc2c(N)ncnc21. The van der Waals surface area contributed by atoms with Gasteiger partial charge in [0.2, 0.25) is 13.6 Å². The normalized spacial score (nSPS) is 13.5. The van der Waals surface area contributed by atoms with Crippen LogP contribution >= 0.6 is 8.25 Å². The highest BCUT2D eigenvalue weighted by Crippen LogP contribution is 2.24. The quantitative estimate of drug-likeness (QED) is 0.212. The molecule has 15 nitrogen and oxygen atoms in total. The summed E-state index contributed by atoms with van der Waals surface area (Å²) in [6.45, 7) is 4.09. The first-order valence-electron chi connectivity index (χ1n) is 10.2. The molecule has 16 heteroatoms. The lowest BCUT2D eigenvalue weighted by Crippen LogP contribution is -2.18. The van der Waals surface area contributed by atoms with Gasteiger partial charge in [-0.15, -0.1) is 0 Å². The summed E-state index contributed by atoms with van der Waals surface area (Å²) >= 11 is 0. The maximum atomic E-state index is 11.9. The van der Waals surface area contributed by atoms with E-state index in [2.05, 4.69) is 29.9 Å². The lowest BCUT2D eigenvalue weighted by molar-refractivity contribution is -0.0597. The van der Waals surface area contributed by atoms with Crippen LogP contribution in [0.5, 0.6) is 0 Å². The first-order chi connectivity index (χ1) is 16.4. The molecule has 180 valence electrons. The minimum atomic E-state index is -2.42. The Morgan fingerprint density at radius 2 is 1.24 bits per heavy atom. The largest absolute Gasteiger partial charge is 0.702 e. The van der Waals surface area contributed by atoms with E-state index in [1.165, 1.54) is 12.7 Å². The van der Waals surface area contributed by atoms with E-state index in [0.717, 1.165) is 0 Å². The Balaban J connectivity index is 1.14. The summed E-state index contributed by atoms with van der Waals surface area (Å²) in [6, 6.07) is 0. The number of rotatable bonds is 12. The Kier molecular flexibility index (Phi) is 7.49. The maximum Gasteiger partial charge on any atom is 0.702 e. The Morgan fingerprint density at radius 1 is 0.794 bits per heavy atom. The number of nitrogen functional groups attached to an aromatic ring is 2. The molecule has 4 heterocycles. The van der Waals surface area contributed by atoms with Gasteiger partial charge in [0.05, 0.1) is 38.0 Å². The fourth-order valence-corrected chi connectivity index (χ4v) is 3.51. The molecule has 34 heavy (non-hydrogen) atoms. The summed E-state index contributed by atoms with van der Waals surface area (Å²) in [7, 11) is -2.42. The third kappa shape index (κ3) is 5.58. The highest BCUT2D eigenvalue weighted by Gasteiger charge is 2.22. The number of aromatic nitrogens is 8. The lowest BCUT2D eigenvalue weighted by atomic mass is 10.4. The second-order valence-corrected chi connectivity index (χ2v) is 8.29. The van der Waals surface area contributed by atoms with Crippen molar-refractivity contribution in [1.82, 2.24) is 39.0 Å². The highest BCUT2D eigenvalue weighted by molar-refractivity contribution is 7.33. The van der Waals surface area contributed by atoms with Crippen molar-refractivity contribution in [3.63, 3.8) is 0 Å². The number of nitrogens with zero attached hydrogens (tertiary/aromatic N) is 8. The second kappa shape index (κ2) is 10.7. The Bertz CT molecular complexity index is 1180. The molecule has 4 aromatic rings. The molecule has 4 aromatic heterocycles. The first-order valence-corrected chi connectivity index (χ1v) is 11.3. The molecule has 0 aliphatic carbocycles. The standard InChI is InChI=1S/C18H24N10O5P/c1-11(3-27-7-25-13-15(19)21-5-23-17(13)27)30-9-32-34(29)33-10-31-12(2)4-28-8-26-14-16(20)22-6-24-18(14)28/h5-8,11-12H,3-4,9-10H2,1-2H3,(H2,19,21,23)(H2,20,22,24)/q+1/t11-,12-/m1/s1. The lowest BCUT2D eigenvalue weighted by Gasteiger charge is -2.12. The van der Waals surface area contributed by atoms with E-state index < -0.39 is 8.25 Å². The second-order valence-electron chi connectivity index (χ2n) is 7.33. The molecule has 0 bridgehead atoms. The van der Waals surface area contributed by atoms with Gasteiger partial charge >= 0.3 is 8.25 Å². The van der Waals surface area contributed by atoms with Crippen LogP contribution in [0.1, 0.15) is 13.8 Å². The fraction of sp³-hybridized carbons (Fsp3) is 0.444. The van der Waals surface area contributed by atoms with E-state index in [1.807, 2.05) is 13.8 Å². The van der Waals surface area contributed by atoms with Crippen LogP contribution in [-0.4, -0.2) is 64.8 Å². The van der Waals surface area contributed by atoms with Crippen molar-refractivity contribution in [3.8, 4) is 0 Å². The van der Waals surface area contributed by atoms with Crippen LogP contribution in [0.2, 0.25) is 0 Å². The summed E-state index contributed by atoms with van der Waals surface area (Å²) < 4.78 is 36.7. The van der Waals surface area contributed by atoms with Gasteiger partial charge in [0.25, 0.3) is 0 Å². The third-order valence-electron chi connectivity index (χ3n) is 4.79. The van der Waals surface area contributed by atoms with Crippen LogP contribution in [0.3, 0.4) is 0 Å². The van der Waals surface area contributed by atoms with Gasteiger partial charge in [0, 0.05) is 4.57 Å². The van der Waals surface area contributed by atoms with Crippen LogP contribution in [0.25, 0.3) is 22.3 Å². The summed E-state index contributed by atoms with van der Waals surface area (Å²) in [5.74, 6) is 0.617. The minimum Gasteiger partial charge on any atom is -0.382 e. The predicted molar refractivity (Wildman–Crippen MR) is 120 cm³/mol. The van der Waals surface area contributed by atoms with E-state index in [0.29, 0.717) is 47.1 Å². The zero-order valence-corrected chi connectivity index (χ0v) is 19.4. The van der Waals surface area contributed by atoms with E-state index in [1.54, 1.807) is 21.8 Å². The third-order valence-corrected chi connectivity index (χ3v) is 5.42. The van der Waals surface area contributed by atoms with Gasteiger partial charge in [0.1, 0.15) is 23.7 Å². The van der Waals surface area contributed by atoms with Gasteiger partial charge in [-0.2, -0.15) is 0 Å². The molecule has 0 aliphatic heterocycles. The molecule has 0 unspecified atom stereocenters. The Labute approximate surface area is 194 Å². The number of hydrogen-bond donors (Lipinski definition) is 2. The van der Waals surface area contributed by atoms with Crippen molar-refractivity contribution in [2.45, 2.75) is 39.1 Å². The van der Waals surface area contributed by atoms with Crippen molar-refractivity contribution >= 4 is 42.2 Å². The fourth-order valence-electron chi connectivity index (χ4n) is 3.14. The molecule has 4 rings (SSSR count).